The summed E-state index contributed by atoms with van der Waals surface area (Å²) in [4.78, 5) is 35.0. The average molecular weight is 440 g/mol. The molecule has 0 spiro atoms. The van der Waals surface area contributed by atoms with Gasteiger partial charge in [0.2, 0.25) is 5.91 Å². The molecule has 0 bridgehead atoms. The number of rotatable bonds is 6. The van der Waals surface area contributed by atoms with Crippen molar-refractivity contribution in [3.8, 4) is 5.75 Å². The highest BCUT2D eigenvalue weighted by atomic mass is 79.9. The van der Waals surface area contributed by atoms with Crippen molar-refractivity contribution in [1.29, 1.82) is 0 Å². The summed E-state index contributed by atoms with van der Waals surface area (Å²) in [6, 6.07) is 10.2. The second-order valence-corrected chi connectivity index (χ2v) is 6.78. The molecule has 6 nitrogen and oxygen atoms in total. The molecule has 0 fully saturated rings. The molecule has 0 saturated carbocycles. The van der Waals surface area contributed by atoms with E-state index >= 15 is 0 Å². The highest BCUT2D eigenvalue weighted by Gasteiger charge is 2.21. The number of ether oxygens (including phenoxy) is 1. The number of nitrogens with one attached hydrogen (secondary N) is 1. The maximum Gasteiger partial charge on any atom is 0.308 e. The fraction of sp³-hybridized carbons (Fsp3) is 0.167. The molecule has 2 amide bonds. The predicted molar refractivity (Wildman–Crippen MR) is 101 cm³/mol. The van der Waals surface area contributed by atoms with Crippen LogP contribution in [0.15, 0.2) is 46.9 Å². The molecule has 0 aliphatic carbocycles. The van der Waals surface area contributed by atoms with Crippen LogP contribution in [0, 0.1) is 0 Å². The second-order valence-electron chi connectivity index (χ2n) is 5.49. The SMILES string of the molecule is CC(=O)Oc1ccc(C(=O)N[C@@H](Cc2cc(Cl)ccc2Br)C(N)=O)cc1. The van der Waals surface area contributed by atoms with Gasteiger partial charge in [0.25, 0.3) is 5.91 Å². The molecule has 0 radical (unpaired) electrons. The highest BCUT2D eigenvalue weighted by Crippen LogP contribution is 2.22. The number of primary amides is 1. The van der Waals surface area contributed by atoms with Crippen molar-refractivity contribution in [2.45, 2.75) is 19.4 Å². The zero-order chi connectivity index (χ0) is 19.3. The molecular formula is C18H16BrClN2O4. The monoisotopic (exact) mass is 438 g/mol. The molecular weight excluding hydrogens is 424 g/mol. The third kappa shape index (κ3) is 5.57. The Morgan fingerprint density at radius 1 is 1.19 bits per heavy atom. The fourth-order valence-corrected chi connectivity index (χ4v) is 2.83. The van der Waals surface area contributed by atoms with Gasteiger partial charge in [0.1, 0.15) is 11.8 Å². The van der Waals surface area contributed by atoms with E-state index in [4.69, 9.17) is 22.1 Å². The summed E-state index contributed by atoms with van der Waals surface area (Å²) in [6.07, 6.45) is 0.188. The molecule has 2 aromatic carbocycles. The number of amides is 2. The van der Waals surface area contributed by atoms with Gasteiger partial charge < -0.3 is 15.8 Å². The normalized spacial score (nSPS) is 11.5. The molecule has 0 heterocycles. The Kier molecular flexibility index (Phi) is 6.76. The van der Waals surface area contributed by atoms with E-state index in [9.17, 15) is 14.4 Å². The molecule has 1 atom stereocenters. The van der Waals surface area contributed by atoms with Gasteiger partial charge in [0.15, 0.2) is 0 Å². The number of carbonyl (C=O) groups is 3. The van der Waals surface area contributed by atoms with Crippen molar-refractivity contribution in [3.05, 3.63) is 63.1 Å². The molecule has 0 saturated heterocycles. The van der Waals surface area contributed by atoms with Gasteiger partial charge in [-0.3, -0.25) is 14.4 Å². The van der Waals surface area contributed by atoms with Crippen molar-refractivity contribution in [1.82, 2.24) is 5.32 Å². The van der Waals surface area contributed by atoms with Crippen LogP contribution in [0.4, 0.5) is 0 Å². The maximum atomic E-state index is 12.4. The lowest BCUT2D eigenvalue weighted by Crippen LogP contribution is -2.45. The van der Waals surface area contributed by atoms with Gasteiger partial charge in [-0.15, -0.1) is 0 Å². The number of hydrogen-bond acceptors (Lipinski definition) is 4. The summed E-state index contributed by atoms with van der Waals surface area (Å²) in [6.45, 7) is 1.28. The number of hydrogen-bond donors (Lipinski definition) is 2. The van der Waals surface area contributed by atoms with E-state index in [1.165, 1.54) is 31.2 Å². The topological polar surface area (TPSA) is 98.5 Å². The van der Waals surface area contributed by atoms with Gasteiger partial charge in [-0.1, -0.05) is 27.5 Å². The number of carbonyl (C=O) groups excluding carboxylic acids is 3. The van der Waals surface area contributed by atoms with Crippen molar-refractivity contribution < 1.29 is 19.1 Å². The van der Waals surface area contributed by atoms with Crippen molar-refractivity contribution in [2.24, 2.45) is 5.73 Å². The molecule has 0 aliphatic rings. The largest absolute Gasteiger partial charge is 0.427 e. The van der Waals surface area contributed by atoms with Crippen LogP contribution in [-0.4, -0.2) is 23.8 Å². The van der Waals surface area contributed by atoms with Crippen molar-refractivity contribution >= 4 is 45.3 Å². The average Bonchev–Trinajstić information content (AvgIpc) is 2.57. The van der Waals surface area contributed by atoms with Crippen LogP contribution in [-0.2, 0) is 16.0 Å². The fourth-order valence-electron chi connectivity index (χ4n) is 2.22. The van der Waals surface area contributed by atoms with E-state index in [2.05, 4.69) is 21.2 Å². The van der Waals surface area contributed by atoms with Crippen LogP contribution in [0.3, 0.4) is 0 Å². The first-order valence-electron chi connectivity index (χ1n) is 7.59. The first-order chi connectivity index (χ1) is 12.3. The van der Waals surface area contributed by atoms with Gasteiger partial charge in [-0.25, -0.2) is 0 Å². The van der Waals surface area contributed by atoms with Crippen LogP contribution in [0.1, 0.15) is 22.8 Å². The minimum absolute atomic E-state index is 0.188. The lowest BCUT2D eigenvalue weighted by Gasteiger charge is -2.17. The Labute approximate surface area is 163 Å². The molecule has 2 rings (SSSR count). The first-order valence-corrected chi connectivity index (χ1v) is 8.76. The van der Waals surface area contributed by atoms with Crippen molar-refractivity contribution in [2.75, 3.05) is 0 Å². The molecule has 8 heteroatoms. The van der Waals surface area contributed by atoms with Crippen molar-refractivity contribution in [3.63, 3.8) is 0 Å². The molecule has 136 valence electrons. The quantitative estimate of drug-likeness (QED) is 0.534. The van der Waals surface area contributed by atoms with Crippen LogP contribution in [0.5, 0.6) is 5.75 Å². The number of nitrogens with two attached hydrogens (primary N) is 1. The van der Waals surface area contributed by atoms with E-state index in [1.807, 2.05) is 0 Å². The zero-order valence-electron chi connectivity index (χ0n) is 13.8. The third-order valence-electron chi connectivity index (χ3n) is 3.46. The Bertz CT molecular complexity index is 840. The lowest BCUT2D eigenvalue weighted by atomic mass is 10.0. The highest BCUT2D eigenvalue weighted by molar-refractivity contribution is 9.10. The molecule has 2 aromatic rings. The maximum absolute atomic E-state index is 12.4. The lowest BCUT2D eigenvalue weighted by molar-refractivity contribution is -0.131. The second kappa shape index (κ2) is 8.82. The molecule has 26 heavy (non-hydrogen) atoms. The predicted octanol–water partition coefficient (Wildman–Crippen LogP) is 2.85. The summed E-state index contributed by atoms with van der Waals surface area (Å²) in [5, 5.41) is 3.12. The summed E-state index contributed by atoms with van der Waals surface area (Å²) >= 11 is 9.35. The van der Waals surface area contributed by atoms with Crippen LogP contribution < -0.4 is 15.8 Å². The molecule has 0 unspecified atom stereocenters. The number of benzene rings is 2. The van der Waals surface area contributed by atoms with Gasteiger partial charge in [0.05, 0.1) is 0 Å². The van der Waals surface area contributed by atoms with Gasteiger partial charge in [0, 0.05) is 28.4 Å². The summed E-state index contributed by atoms with van der Waals surface area (Å²) in [7, 11) is 0. The van der Waals surface area contributed by atoms with Crippen LogP contribution in [0.2, 0.25) is 5.02 Å². The van der Waals surface area contributed by atoms with Gasteiger partial charge in [-0.05, 0) is 48.0 Å². The van der Waals surface area contributed by atoms with E-state index in [-0.39, 0.29) is 6.42 Å². The van der Waals surface area contributed by atoms with Gasteiger partial charge >= 0.3 is 5.97 Å². The smallest absolute Gasteiger partial charge is 0.308 e. The summed E-state index contributed by atoms with van der Waals surface area (Å²) < 4.78 is 5.67. The minimum Gasteiger partial charge on any atom is -0.427 e. The minimum atomic E-state index is -0.912. The zero-order valence-corrected chi connectivity index (χ0v) is 16.1. The Balaban J connectivity index is 2.11. The summed E-state index contributed by atoms with van der Waals surface area (Å²) in [5.41, 5.74) is 6.46. The molecule has 0 aliphatic heterocycles. The standard InChI is InChI=1S/C18H16BrClN2O4/c1-10(23)26-14-5-2-11(3-6-14)18(25)22-16(17(21)24)9-12-8-13(20)4-7-15(12)19/h2-8,16H,9H2,1H3,(H2,21,24)(H,22,25)/t16-/m0/s1. The summed E-state index contributed by atoms with van der Waals surface area (Å²) in [5.74, 6) is -1.27. The Hall–Kier alpha value is -2.38. The van der Waals surface area contributed by atoms with E-state index in [0.717, 1.165) is 10.0 Å². The van der Waals surface area contributed by atoms with E-state index in [1.54, 1.807) is 18.2 Å². The van der Waals surface area contributed by atoms with E-state index < -0.39 is 23.8 Å². The number of esters is 1. The Morgan fingerprint density at radius 2 is 1.85 bits per heavy atom. The molecule has 3 N–H and O–H groups in total. The Morgan fingerprint density at radius 3 is 2.42 bits per heavy atom. The third-order valence-corrected chi connectivity index (χ3v) is 4.47. The van der Waals surface area contributed by atoms with E-state index in [0.29, 0.717) is 16.3 Å². The molecule has 0 aromatic heterocycles. The number of halogens is 2. The van der Waals surface area contributed by atoms with Crippen LogP contribution >= 0.6 is 27.5 Å². The first kappa shape index (κ1) is 19.9. The van der Waals surface area contributed by atoms with Gasteiger partial charge in [-0.2, -0.15) is 0 Å². The van der Waals surface area contributed by atoms with Crippen LogP contribution in [0.25, 0.3) is 0 Å².